The Labute approximate surface area is 464 Å². The van der Waals surface area contributed by atoms with Crippen LogP contribution in [0.25, 0.3) is 0 Å². The van der Waals surface area contributed by atoms with Crippen LogP contribution in [-0.2, 0) is 18.9 Å². The smallest absolute Gasteiger partial charge is 0.410 e. The molecule has 0 aromatic carbocycles. The normalized spacial score (nSPS) is 22.9. The summed E-state index contributed by atoms with van der Waals surface area (Å²) in [4.78, 5) is 55.8. The minimum absolute atomic E-state index is 0. The van der Waals surface area contributed by atoms with Gasteiger partial charge >= 0.3 is 24.4 Å². The lowest BCUT2D eigenvalue weighted by Crippen LogP contribution is -2.46. The first-order valence-corrected chi connectivity index (χ1v) is 28.9. The number of rotatable bonds is 8. The first-order chi connectivity index (χ1) is 33.0. The zero-order chi connectivity index (χ0) is 51.3. The second kappa shape index (κ2) is 32.9. The van der Waals surface area contributed by atoms with Crippen molar-refractivity contribution >= 4 is 24.4 Å². The fraction of sp³-hybridized carbons (Fsp3) is 0.937. The molecule has 0 aromatic heterocycles. The summed E-state index contributed by atoms with van der Waals surface area (Å²) in [7, 11) is 0. The Hall–Kier alpha value is -2.92. The van der Waals surface area contributed by atoms with Crippen molar-refractivity contribution in [2.45, 2.75) is 284 Å². The molecule has 0 N–H and O–H groups in total. The van der Waals surface area contributed by atoms with Gasteiger partial charge in [0.1, 0.15) is 22.4 Å². The summed E-state index contributed by atoms with van der Waals surface area (Å²) in [5.74, 6) is 6.03. The molecule has 0 bridgehead atoms. The third kappa shape index (κ3) is 23.1. The Morgan fingerprint density at radius 1 is 0.307 bits per heavy atom. The summed E-state index contributed by atoms with van der Waals surface area (Å²) < 4.78 is 22.6. The van der Waals surface area contributed by atoms with Gasteiger partial charge in [0.05, 0.1) is 0 Å². The van der Waals surface area contributed by atoms with Gasteiger partial charge in [-0.2, -0.15) is 0 Å². The van der Waals surface area contributed by atoms with Gasteiger partial charge in [-0.05, 0) is 210 Å². The summed E-state index contributed by atoms with van der Waals surface area (Å²) in [6.07, 6.45) is 24.2. The number of nitrogens with zero attached hydrogens (tertiary/aromatic N) is 4. The zero-order valence-corrected chi connectivity index (χ0v) is 46.9. The number of hydrogen-bond donors (Lipinski definition) is 0. The molecule has 8 rings (SSSR count). The maximum Gasteiger partial charge on any atom is 0.410 e. The van der Waals surface area contributed by atoms with Crippen molar-refractivity contribution < 1.29 is 38.1 Å². The Kier molecular flexibility index (Phi) is 31.6. The van der Waals surface area contributed by atoms with Gasteiger partial charge in [-0.3, -0.25) is 0 Å². The number of hydrogen-bond acceptors (Lipinski definition) is 8. The van der Waals surface area contributed by atoms with E-state index in [0.29, 0.717) is 0 Å². The van der Waals surface area contributed by atoms with E-state index < -0.39 is 0 Å². The average molecular weight is 1070 g/mol. The van der Waals surface area contributed by atoms with Crippen LogP contribution in [0.5, 0.6) is 0 Å². The minimum atomic E-state index is -0.204. The number of amides is 4. The molecule has 4 amide bonds. The monoisotopic (exact) mass is 1060 g/mol. The highest BCUT2D eigenvalue weighted by Gasteiger charge is 2.43. The van der Waals surface area contributed by atoms with E-state index in [4.69, 9.17) is 18.9 Å². The quantitative estimate of drug-likeness (QED) is 0.221. The molecule has 12 heteroatoms. The van der Waals surface area contributed by atoms with Crippen molar-refractivity contribution in [1.29, 1.82) is 0 Å². The molecule has 0 aromatic rings. The largest absolute Gasteiger partial charge is 0.443 e. The van der Waals surface area contributed by atoms with Crippen LogP contribution in [0, 0.1) is 47.3 Å². The summed E-state index contributed by atoms with van der Waals surface area (Å²) in [5.41, 5.74) is -0.686. The molecule has 0 spiro atoms. The predicted octanol–water partition coefficient (Wildman–Crippen LogP) is 17.7. The second-order valence-electron chi connectivity index (χ2n) is 25.7. The van der Waals surface area contributed by atoms with E-state index in [9.17, 15) is 19.2 Å². The predicted molar refractivity (Wildman–Crippen MR) is 314 cm³/mol. The van der Waals surface area contributed by atoms with Crippen molar-refractivity contribution in [3.05, 3.63) is 0 Å². The van der Waals surface area contributed by atoms with Gasteiger partial charge in [-0.15, -0.1) is 0 Å². The second-order valence-corrected chi connectivity index (χ2v) is 25.7. The Morgan fingerprint density at radius 3 is 0.640 bits per heavy atom. The van der Waals surface area contributed by atoms with Crippen LogP contribution in [0.1, 0.15) is 261 Å². The van der Waals surface area contributed by atoms with E-state index in [1.54, 1.807) is 0 Å². The maximum absolute atomic E-state index is 12.3. The topological polar surface area (TPSA) is 118 Å². The molecule has 8 fully saturated rings. The minimum Gasteiger partial charge on any atom is -0.443 e. The van der Waals surface area contributed by atoms with E-state index in [1.165, 1.54) is 38.5 Å². The fourth-order valence-corrected chi connectivity index (χ4v) is 11.8. The lowest BCUT2D eigenvalue weighted by Gasteiger charge is -2.40. The van der Waals surface area contributed by atoms with E-state index >= 15 is 0 Å². The molecular weight excluding hydrogens is 941 g/mol. The van der Waals surface area contributed by atoms with Crippen molar-refractivity contribution in [1.82, 2.24) is 19.6 Å². The SMILES string of the molecule is C.C.C.C.C.CC(C)C1CCN(C(=O)OC2(C)CC2)CC1.CC(C)C1CCN(C(=O)OC2(C)CCC2)CC1.CC(C)C1CCN(C(=O)OC2(C)CCCC2)CC1.CC(C)C1CCN(C(=O)OC2(C)CCCCC2)CC1. The molecule has 0 radical (unpaired) electrons. The summed E-state index contributed by atoms with van der Waals surface area (Å²) in [6, 6.07) is 0. The highest BCUT2D eigenvalue weighted by Crippen LogP contribution is 2.40. The highest BCUT2D eigenvalue weighted by atomic mass is 16.6. The Bertz CT molecular complexity index is 1600. The highest BCUT2D eigenvalue weighted by molar-refractivity contribution is 5.69. The van der Waals surface area contributed by atoms with Gasteiger partial charge < -0.3 is 38.5 Å². The molecule has 4 saturated carbocycles. The van der Waals surface area contributed by atoms with Gasteiger partial charge in [0.15, 0.2) is 0 Å². The van der Waals surface area contributed by atoms with Crippen LogP contribution in [0.2, 0.25) is 0 Å². The van der Waals surface area contributed by atoms with Gasteiger partial charge in [-0.1, -0.05) is 98.9 Å². The van der Waals surface area contributed by atoms with Crippen molar-refractivity contribution in [2.75, 3.05) is 52.4 Å². The van der Waals surface area contributed by atoms with Crippen LogP contribution < -0.4 is 0 Å². The van der Waals surface area contributed by atoms with Gasteiger partial charge in [-0.25, -0.2) is 19.2 Å². The lowest BCUT2D eigenvalue weighted by atomic mass is 9.82. The van der Waals surface area contributed by atoms with Crippen LogP contribution in [-0.4, -0.2) is 119 Å². The molecule has 4 aliphatic carbocycles. The maximum atomic E-state index is 12.3. The van der Waals surface area contributed by atoms with Gasteiger partial charge in [0.2, 0.25) is 0 Å². The van der Waals surface area contributed by atoms with Crippen LogP contribution in [0.15, 0.2) is 0 Å². The fourth-order valence-electron chi connectivity index (χ4n) is 11.8. The first kappa shape index (κ1) is 72.1. The molecule has 75 heavy (non-hydrogen) atoms. The standard InChI is InChI=1S/C16H29NO2.C15H27NO2.C14H25NO2.C13H23NO2.5CH4/c1-13(2)14-7-11-17(12-8-14)15(18)19-16(3)9-5-4-6-10-16;1-12(2)13-6-10-16(11-7-13)14(17)18-15(3)8-4-5-9-15;1-11(2)12-5-9-15(10-6-12)13(16)17-14(3)7-4-8-14;1-10(2)11-4-8-14(9-5-11)12(15)16-13(3)6-7-13;;;;;/h13-14H,4-12H2,1-3H3;12-13H,4-11H2,1-3H3;11-12H,4-10H2,1-3H3;10-11H,4-9H2,1-3H3;5*1H4. The van der Waals surface area contributed by atoms with Crippen LogP contribution >= 0.6 is 0 Å². The Balaban J connectivity index is 0.000000954. The van der Waals surface area contributed by atoms with Crippen LogP contribution in [0.3, 0.4) is 0 Å². The summed E-state index contributed by atoms with van der Waals surface area (Å²) >= 11 is 0. The first-order valence-electron chi connectivity index (χ1n) is 28.9. The van der Waals surface area contributed by atoms with Gasteiger partial charge in [0.25, 0.3) is 0 Å². The van der Waals surface area contributed by atoms with Crippen molar-refractivity contribution in [3.63, 3.8) is 0 Å². The molecule has 12 nitrogen and oxygen atoms in total. The number of ether oxygens (including phenoxy) is 4. The van der Waals surface area contributed by atoms with E-state index in [1.807, 2.05) is 26.5 Å². The molecule has 4 heterocycles. The Morgan fingerprint density at radius 2 is 0.480 bits per heavy atom. The molecule has 444 valence electrons. The molecule has 8 aliphatic rings. The number of piperidine rings is 4. The molecule has 4 aliphatic heterocycles. The van der Waals surface area contributed by atoms with Gasteiger partial charge in [0, 0.05) is 52.4 Å². The van der Waals surface area contributed by atoms with E-state index in [-0.39, 0.29) is 83.9 Å². The third-order valence-electron chi connectivity index (χ3n) is 18.2. The van der Waals surface area contributed by atoms with E-state index in [0.717, 1.165) is 202 Å². The lowest BCUT2D eigenvalue weighted by molar-refractivity contribution is -0.0511. The number of likely N-dealkylation sites (tertiary alicyclic amines) is 4. The van der Waals surface area contributed by atoms with Crippen molar-refractivity contribution in [2.24, 2.45) is 47.3 Å². The zero-order valence-electron chi connectivity index (χ0n) is 46.9. The molecule has 0 atom stereocenters. The summed E-state index contributed by atoms with van der Waals surface area (Å²) in [5, 5.41) is 0. The average Bonchev–Trinajstić information content (AvgIpc) is 3.90. The molecule has 0 unspecified atom stereocenters. The van der Waals surface area contributed by atoms with Crippen LogP contribution in [0.4, 0.5) is 19.2 Å². The number of carbonyl (C=O) groups is 4. The summed E-state index contributed by atoms with van der Waals surface area (Å²) in [6.45, 7) is 33.4. The third-order valence-corrected chi connectivity index (χ3v) is 18.2. The van der Waals surface area contributed by atoms with Crippen molar-refractivity contribution in [3.8, 4) is 0 Å². The number of carbonyl (C=O) groups excluding carboxylic acids is 4. The van der Waals surface area contributed by atoms with E-state index in [2.05, 4.69) is 76.2 Å². The molecule has 4 saturated heterocycles. The molecular formula is C63H124N4O8.